The van der Waals surface area contributed by atoms with Crippen LogP contribution >= 0.6 is 11.6 Å². The topological polar surface area (TPSA) is 30.2 Å². The molecular weight excluding hydrogens is 212 g/mol. The number of halogens is 1. The van der Waals surface area contributed by atoms with E-state index < -0.39 is 0 Å². The van der Waals surface area contributed by atoms with Gasteiger partial charge in [-0.05, 0) is 18.6 Å². The first-order valence-corrected chi connectivity index (χ1v) is 5.42. The highest BCUT2D eigenvalue weighted by molar-refractivity contribution is 6.17. The molecule has 1 heterocycles. The highest BCUT2D eigenvalue weighted by Crippen LogP contribution is 2.12. The monoisotopic (exact) mass is 222 g/mol. The fourth-order valence-corrected chi connectivity index (χ4v) is 1.65. The molecule has 2 aromatic rings. The van der Waals surface area contributed by atoms with E-state index in [1.54, 1.807) is 18.2 Å². The average Bonchev–Trinajstić information content (AvgIpc) is 2.26. The van der Waals surface area contributed by atoms with Gasteiger partial charge in [0.2, 0.25) is 0 Å². The first-order valence-electron chi connectivity index (χ1n) is 4.89. The van der Waals surface area contributed by atoms with Crippen LogP contribution in [-0.2, 0) is 6.42 Å². The van der Waals surface area contributed by atoms with Gasteiger partial charge >= 0.3 is 0 Å². The average molecular weight is 223 g/mol. The lowest BCUT2D eigenvalue weighted by molar-refractivity contribution is 0.532. The summed E-state index contributed by atoms with van der Waals surface area (Å²) in [7, 11) is 0. The van der Waals surface area contributed by atoms with Crippen LogP contribution in [-0.4, -0.2) is 5.88 Å². The van der Waals surface area contributed by atoms with Crippen LogP contribution in [0.4, 0.5) is 0 Å². The fourth-order valence-electron chi connectivity index (χ4n) is 1.52. The molecule has 15 heavy (non-hydrogen) atoms. The molecule has 2 nitrogen and oxygen atoms in total. The van der Waals surface area contributed by atoms with Gasteiger partial charge in [0, 0.05) is 18.4 Å². The molecule has 0 radical (unpaired) electrons. The molecule has 78 valence electrons. The van der Waals surface area contributed by atoms with Gasteiger partial charge in [0.15, 0.2) is 5.43 Å². The van der Waals surface area contributed by atoms with E-state index in [-0.39, 0.29) is 5.43 Å². The molecule has 0 amide bonds. The smallest absolute Gasteiger partial charge is 0.192 e. The molecule has 0 atom stereocenters. The molecule has 1 aromatic carbocycles. The van der Waals surface area contributed by atoms with Crippen molar-refractivity contribution >= 4 is 22.6 Å². The summed E-state index contributed by atoms with van der Waals surface area (Å²) in [6.07, 6.45) is 1.53. The second-order valence-electron chi connectivity index (χ2n) is 3.37. The van der Waals surface area contributed by atoms with E-state index in [0.29, 0.717) is 29.0 Å². The molecule has 0 aliphatic rings. The summed E-state index contributed by atoms with van der Waals surface area (Å²) in [6.45, 7) is 0. The number of fused-ring (bicyclic) bond motifs is 1. The second-order valence-corrected chi connectivity index (χ2v) is 3.74. The predicted molar refractivity (Wildman–Crippen MR) is 61.5 cm³/mol. The van der Waals surface area contributed by atoms with Crippen LogP contribution in [0, 0.1) is 0 Å². The Hall–Kier alpha value is -1.28. The molecule has 3 heteroatoms. The molecular formula is C12H11ClO2. The van der Waals surface area contributed by atoms with Crippen molar-refractivity contribution in [3.05, 3.63) is 46.3 Å². The normalized spacial score (nSPS) is 10.7. The second kappa shape index (κ2) is 4.49. The van der Waals surface area contributed by atoms with E-state index in [2.05, 4.69) is 0 Å². The quantitative estimate of drug-likeness (QED) is 0.748. The highest BCUT2D eigenvalue weighted by Gasteiger charge is 2.03. The summed E-state index contributed by atoms with van der Waals surface area (Å²) < 4.78 is 5.59. The van der Waals surface area contributed by atoms with Gasteiger partial charge in [0.1, 0.15) is 11.3 Å². The molecule has 0 saturated carbocycles. The largest absolute Gasteiger partial charge is 0.461 e. The van der Waals surface area contributed by atoms with E-state index in [1.807, 2.05) is 12.1 Å². The molecule has 0 fully saturated rings. The fraction of sp³-hybridized carbons (Fsp3) is 0.250. The van der Waals surface area contributed by atoms with Crippen molar-refractivity contribution in [1.29, 1.82) is 0 Å². The van der Waals surface area contributed by atoms with Crippen molar-refractivity contribution < 1.29 is 4.42 Å². The third-order valence-corrected chi connectivity index (χ3v) is 2.51. The van der Waals surface area contributed by atoms with Gasteiger partial charge in [0.25, 0.3) is 0 Å². The van der Waals surface area contributed by atoms with Crippen molar-refractivity contribution in [2.24, 2.45) is 0 Å². The first kappa shape index (κ1) is 10.2. The van der Waals surface area contributed by atoms with Crippen molar-refractivity contribution in [2.75, 3.05) is 5.88 Å². The number of benzene rings is 1. The molecule has 0 unspecified atom stereocenters. The molecule has 0 saturated heterocycles. The lowest BCUT2D eigenvalue weighted by Gasteiger charge is -2.00. The van der Waals surface area contributed by atoms with Gasteiger partial charge in [-0.25, -0.2) is 0 Å². The Labute approximate surface area is 92.5 Å². The summed E-state index contributed by atoms with van der Waals surface area (Å²) in [5.41, 5.74) is 0.663. The van der Waals surface area contributed by atoms with Crippen molar-refractivity contribution in [3.8, 4) is 0 Å². The maximum atomic E-state index is 11.7. The van der Waals surface area contributed by atoms with Crippen LogP contribution in [0.3, 0.4) is 0 Å². The number of hydrogen-bond donors (Lipinski definition) is 0. The Kier molecular flexibility index (Phi) is 3.07. The maximum Gasteiger partial charge on any atom is 0.192 e. The zero-order valence-electron chi connectivity index (χ0n) is 8.20. The third kappa shape index (κ3) is 2.21. The van der Waals surface area contributed by atoms with Crippen LogP contribution in [0.5, 0.6) is 0 Å². The predicted octanol–water partition coefficient (Wildman–Crippen LogP) is 2.96. The van der Waals surface area contributed by atoms with Crippen LogP contribution in [0.2, 0.25) is 0 Å². The lowest BCUT2D eigenvalue weighted by atomic mass is 10.2. The van der Waals surface area contributed by atoms with Crippen molar-refractivity contribution in [2.45, 2.75) is 12.8 Å². The SMILES string of the molecule is O=c1cc(CCCCl)oc2ccccc12. The Bertz CT molecular complexity index is 516. The van der Waals surface area contributed by atoms with Crippen LogP contribution in [0.25, 0.3) is 11.0 Å². The summed E-state index contributed by atoms with van der Waals surface area (Å²) in [5.74, 6) is 1.29. The van der Waals surface area contributed by atoms with E-state index >= 15 is 0 Å². The van der Waals surface area contributed by atoms with E-state index in [1.165, 1.54) is 0 Å². The number of aryl methyl sites for hydroxylation is 1. The molecule has 0 aliphatic carbocycles. The standard InChI is InChI=1S/C12H11ClO2/c13-7-3-4-9-8-11(14)10-5-1-2-6-12(10)15-9/h1-2,5-6,8H,3-4,7H2. The Morgan fingerprint density at radius 3 is 2.87 bits per heavy atom. The number of alkyl halides is 1. The van der Waals surface area contributed by atoms with Gasteiger partial charge in [-0.2, -0.15) is 0 Å². The van der Waals surface area contributed by atoms with Crippen LogP contribution in [0.1, 0.15) is 12.2 Å². The molecule has 1 aromatic heterocycles. The minimum atomic E-state index is 0.0152. The van der Waals surface area contributed by atoms with Gasteiger partial charge in [-0.1, -0.05) is 12.1 Å². The minimum Gasteiger partial charge on any atom is -0.461 e. The molecule has 0 bridgehead atoms. The van der Waals surface area contributed by atoms with Gasteiger partial charge in [-0.3, -0.25) is 4.79 Å². The zero-order chi connectivity index (χ0) is 10.7. The lowest BCUT2D eigenvalue weighted by Crippen LogP contribution is -2.02. The van der Waals surface area contributed by atoms with Crippen molar-refractivity contribution in [3.63, 3.8) is 0 Å². The van der Waals surface area contributed by atoms with Gasteiger partial charge in [0.05, 0.1) is 5.39 Å². The molecule has 2 rings (SSSR count). The number of hydrogen-bond acceptors (Lipinski definition) is 2. The summed E-state index contributed by atoms with van der Waals surface area (Å²) in [4.78, 5) is 11.7. The minimum absolute atomic E-state index is 0.0152. The summed E-state index contributed by atoms with van der Waals surface area (Å²) in [5, 5.41) is 0.632. The van der Waals surface area contributed by atoms with E-state index in [4.69, 9.17) is 16.0 Å². The van der Waals surface area contributed by atoms with Gasteiger partial charge in [-0.15, -0.1) is 11.6 Å². The molecule has 0 spiro atoms. The van der Waals surface area contributed by atoms with E-state index in [0.717, 1.165) is 6.42 Å². The van der Waals surface area contributed by atoms with Crippen LogP contribution in [0.15, 0.2) is 39.5 Å². The summed E-state index contributed by atoms with van der Waals surface area (Å²) >= 11 is 5.59. The highest BCUT2D eigenvalue weighted by atomic mass is 35.5. The number of para-hydroxylation sites is 1. The first-order chi connectivity index (χ1) is 7.31. The van der Waals surface area contributed by atoms with Crippen LogP contribution < -0.4 is 5.43 Å². The zero-order valence-corrected chi connectivity index (χ0v) is 8.96. The number of rotatable bonds is 3. The Balaban J connectivity index is 2.48. The molecule has 0 aliphatic heterocycles. The van der Waals surface area contributed by atoms with Gasteiger partial charge < -0.3 is 4.42 Å². The Morgan fingerprint density at radius 1 is 1.27 bits per heavy atom. The van der Waals surface area contributed by atoms with E-state index in [9.17, 15) is 4.79 Å². The maximum absolute atomic E-state index is 11.7. The third-order valence-electron chi connectivity index (χ3n) is 2.24. The summed E-state index contributed by atoms with van der Waals surface area (Å²) in [6, 6.07) is 8.82. The van der Waals surface area contributed by atoms with Crippen molar-refractivity contribution in [1.82, 2.24) is 0 Å². The Morgan fingerprint density at radius 2 is 2.07 bits per heavy atom. The molecule has 0 N–H and O–H groups in total.